The van der Waals surface area contributed by atoms with Crippen molar-refractivity contribution in [3.8, 4) is 0 Å². The van der Waals surface area contributed by atoms with Gasteiger partial charge in [0.15, 0.2) is 4.90 Å². The van der Waals surface area contributed by atoms with E-state index in [2.05, 4.69) is 14.7 Å². The summed E-state index contributed by atoms with van der Waals surface area (Å²) in [5, 5.41) is 10.9. The summed E-state index contributed by atoms with van der Waals surface area (Å²) < 4.78 is 26.5. The van der Waals surface area contributed by atoms with Crippen LogP contribution in [0.5, 0.6) is 0 Å². The molecule has 0 saturated heterocycles. The first-order valence-corrected chi connectivity index (χ1v) is 7.46. The molecule has 0 unspecified atom stereocenters. The summed E-state index contributed by atoms with van der Waals surface area (Å²) in [7, 11) is -3.94. The highest BCUT2D eigenvalue weighted by Crippen LogP contribution is 2.22. The molecule has 0 amide bonds. The summed E-state index contributed by atoms with van der Waals surface area (Å²) in [5.41, 5.74) is 0.316. The van der Waals surface area contributed by atoms with Crippen molar-refractivity contribution in [3.63, 3.8) is 0 Å². The van der Waals surface area contributed by atoms with Crippen LogP contribution in [0.3, 0.4) is 0 Å². The van der Waals surface area contributed by atoms with Crippen molar-refractivity contribution in [1.29, 1.82) is 0 Å². The Hall–Kier alpha value is -2.39. The van der Waals surface area contributed by atoms with Crippen molar-refractivity contribution >= 4 is 15.7 Å². The minimum absolute atomic E-state index is 0.0990. The molecule has 1 heterocycles. The second-order valence-electron chi connectivity index (χ2n) is 4.12. The van der Waals surface area contributed by atoms with E-state index in [4.69, 9.17) is 0 Å². The van der Waals surface area contributed by atoms with Gasteiger partial charge in [0.1, 0.15) is 6.33 Å². The fourth-order valence-corrected chi connectivity index (χ4v) is 2.90. The van der Waals surface area contributed by atoms with Gasteiger partial charge in [0, 0.05) is 25.0 Å². The highest BCUT2D eigenvalue weighted by Gasteiger charge is 2.24. The van der Waals surface area contributed by atoms with Gasteiger partial charge in [-0.1, -0.05) is 12.1 Å². The minimum Gasteiger partial charge on any atom is -0.258 e. The summed E-state index contributed by atoms with van der Waals surface area (Å²) in [6, 6.07) is 5.21. The lowest BCUT2D eigenvalue weighted by Crippen LogP contribution is -2.26. The first kappa shape index (κ1) is 15.0. The number of nitro benzene ring substituents is 1. The van der Waals surface area contributed by atoms with Crippen LogP contribution in [-0.2, 0) is 16.4 Å². The predicted molar refractivity (Wildman–Crippen MR) is 74.0 cm³/mol. The molecule has 0 radical (unpaired) electrons. The van der Waals surface area contributed by atoms with Crippen LogP contribution in [0.4, 0.5) is 5.69 Å². The molecule has 21 heavy (non-hydrogen) atoms. The highest BCUT2D eigenvalue weighted by molar-refractivity contribution is 7.89. The molecule has 1 aromatic heterocycles. The third-order valence-electron chi connectivity index (χ3n) is 2.67. The van der Waals surface area contributed by atoms with Crippen LogP contribution in [0.15, 0.2) is 47.9 Å². The van der Waals surface area contributed by atoms with Gasteiger partial charge in [-0.3, -0.25) is 10.1 Å². The lowest BCUT2D eigenvalue weighted by molar-refractivity contribution is -0.387. The van der Waals surface area contributed by atoms with E-state index in [9.17, 15) is 18.5 Å². The Morgan fingerprint density at radius 3 is 2.52 bits per heavy atom. The fourth-order valence-electron chi connectivity index (χ4n) is 1.70. The van der Waals surface area contributed by atoms with Crippen molar-refractivity contribution < 1.29 is 13.3 Å². The quantitative estimate of drug-likeness (QED) is 0.626. The van der Waals surface area contributed by atoms with Gasteiger partial charge < -0.3 is 0 Å². The van der Waals surface area contributed by atoms with Crippen LogP contribution in [-0.4, -0.2) is 29.9 Å². The summed E-state index contributed by atoms with van der Waals surface area (Å²) in [6.07, 6.45) is 4.92. The number of aromatic nitrogens is 2. The zero-order valence-corrected chi connectivity index (χ0v) is 11.7. The number of nitrogens with zero attached hydrogens (tertiary/aromatic N) is 3. The maximum atomic E-state index is 12.1. The van der Waals surface area contributed by atoms with Gasteiger partial charge in [0.05, 0.1) is 4.92 Å². The zero-order chi connectivity index (χ0) is 15.3. The van der Waals surface area contributed by atoms with Crippen molar-refractivity contribution in [3.05, 3.63) is 58.7 Å². The van der Waals surface area contributed by atoms with Crippen molar-refractivity contribution in [1.82, 2.24) is 14.7 Å². The van der Waals surface area contributed by atoms with Crippen LogP contribution in [0, 0.1) is 10.1 Å². The van der Waals surface area contributed by atoms with Gasteiger partial charge in [0.25, 0.3) is 5.69 Å². The molecule has 9 heteroatoms. The number of nitro groups is 1. The minimum atomic E-state index is -3.94. The molecule has 1 N–H and O–H groups in total. The monoisotopic (exact) mass is 308 g/mol. The fraction of sp³-hybridized carbons (Fsp3) is 0.167. The molecule has 8 nitrogen and oxygen atoms in total. The topological polar surface area (TPSA) is 115 Å². The molecule has 0 spiro atoms. The summed E-state index contributed by atoms with van der Waals surface area (Å²) in [6.45, 7) is 0.0990. The number of benzene rings is 1. The first-order chi connectivity index (χ1) is 10.0. The average molecular weight is 308 g/mol. The van der Waals surface area contributed by atoms with Crippen LogP contribution in [0.1, 0.15) is 5.56 Å². The van der Waals surface area contributed by atoms with E-state index < -0.39 is 20.6 Å². The smallest absolute Gasteiger partial charge is 0.258 e. The number of rotatable bonds is 6. The number of para-hydroxylation sites is 1. The lowest BCUT2D eigenvalue weighted by atomic mass is 10.2. The molecular formula is C12H12N4O4S. The maximum absolute atomic E-state index is 12.1. The van der Waals surface area contributed by atoms with Crippen LogP contribution in [0.2, 0.25) is 0 Å². The summed E-state index contributed by atoms with van der Waals surface area (Å²) >= 11 is 0. The van der Waals surface area contributed by atoms with Crippen molar-refractivity contribution in [2.75, 3.05) is 6.54 Å². The van der Waals surface area contributed by atoms with E-state index >= 15 is 0 Å². The van der Waals surface area contributed by atoms with E-state index in [1.165, 1.54) is 24.5 Å². The SMILES string of the molecule is O=[N+]([O-])c1ccccc1S(=O)(=O)NCCc1cncnc1. The lowest BCUT2D eigenvalue weighted by Gasteiger charge is -2.07. The van der Waals surface area contributed by atoms with E-state index in [1.54, 1.807) is 12.4 Å². The van der Waals surface area contributed by atoms with Crippen molar-refractivity contribution in [2.45, 2.75) is 11.3 Å². The van der Waals surface area contributed by atoms with Gasteiger partial charge in [0.2, 0.25) is 10.0 Å². The Balaban J connectivity index is 2.11. The van der Waals surface area contributed by atoms with Crippen LogP contribution >= 0.6 is 0 Å². The summed E-state index contributed by atoms with van der Waals surface area (Å²) in [4.78, 5) is 17.4. The Morgan fingerprint density at radius 2 is 1.86 bits per heavy atom. The zero-order valence-electron chi connectivity index (χ0n) is 10.8. The number of sulfonamides is 1. The standard InChI is InChI=1S/C12H12N4O4S/c17-16(18)11-3-1-2-4-12(11)21(19,20)15-6-5-10-7-13-9-14-8-10/h1-4,7-9,15H,5-6H2. The molecular weight excluding hydrogens is 296 g/mol. The molecule has 0 aliphatic carbocycles. The third-order valence-corrected chi connectivity index (χ3v) is 4.18. The van der Waals surface area contributed by atoms with Gasteiger partial charge in [-0.15, -0.1) is 0 Å². The molecule has 2 rings (SSSR count). The number of hydrogen-bond donors (Lipinski definition) is 1. The number of hydrogen-bond acceptors (Lipinski definition) is 6. The van der Waals surface area contributed by atoms with Gasteiger partial charge in [-0.25, -0.2) is 23.1 Å². The molecule has 110 valence electrons. The molecule has 0 atom stereocenters. The Labute approximate surface area is 121 Å². The molecule has 1 aromatic carbocycles. The molecule has 0 bridgehead atoms. The molecule has 0 fully saturated rings. The molecule has 0 saturated carbocycles. The molecule has 0 aliphatic heterocycles. The van der Waals surface area contributed by atoms with Gasteiger partial charge in [-0.05, 0) is 18.1 Å². The van der Waals surface area contributed by atoms with Crippen molar-refractivity contribution in [2.24, 2.45) is 0 Å². The van der Waals surface area contributed by atoms with E-state index in [-0.39, 0.29) is 11.4 Å². The highest BCUT2D eigenvalue weighted by atomic mass is 32.2. The normalized spacial score (nSPS) is 11.2. The van der Waals surface area contributed by atoms with Gasteiger partial charge >= 0.3 is 0 Å². The Morgan fingerprint density at radius 1 is 1.19 bits per heavy atom. The van der Waals surface area contributed by atoms with Gasteiger partial charge in [-0.2, -0.15) is 0 Å². The van der Waals surface area contributed by atoms with E-state index in [1.807, 2.05) is 0 Å². The van der Waals surface area contributed by atoms with Crippen LogP contribution in [0.25, 0.3) is 0 Å². The second kappa shape index (κ2) is 6.37. The Kier molecular flexibility index (Phi) is 4.55. The maximum Gasteiger partial charge on any atom is 0.289 e. The van der Waals surface area contributed by atoms with E-state index in [0.29, 0.717) is 6.42 Å². The predicted octanol–water partition coefficient (Wildman–Crippen LogP) is 0.906. The molecule has 0 aliphatic rings. The second-order valence-corrected chi connectivity index (χ2v) is 5.85. The summed E-state index contributed by atoms with van der Waals surface area (Å²) in [5.74, 6) is 0. The number of nitrogens with one attached hydrogen (secondary N) is 1. The van der Waals surface area contributed by atoms with Crippen LogP contribution < -0.4 is 4.72 Å². The first-order valence-electron chi connectivity index (χ1n) is 5.97. The largest absolute Gasteiger partial charge is 0.289 e. The molecule has 2 aromatic rings. The average Bonchev–Trinajstić information content (AvgIpc) is 2.48. The van der Waals surface area contributed by atoms with E-state index in [0.717, 1.165) is 11.6 Å². The third kappa shape index (κ3) is 3.80. The Bertz CT molecular complexity index is 734.